The van der Waals surface area contributed by atoms with Gasteiger partial charge in [0, 0.05) is 27.2 Å². The number of carbonyl (C=O) groups is 1. The summed E-state index contributed by atoms with van der Waals surface area (Å²) in [5, 5.41) is 0. The van der Waals surface area contributed by atoms with E-state index in [2.05, 4.69) is 0 Å². The number of benzene rings is 1. The van der Waals surface area contributed by atoms with E-state index in [0.717, 1.165) is 9.87 Å². The maximum atomic E-state index is 12.4. The van der Waals surface area contributed by atoms with Crippen molar-refractivity contribution in [3.63, 3.8) is 0 Å². The first-order chi connectivity index (χ1) is 9.16. The van der Waals surface area contributed by atoms with Gasteiger partial charge in [-0.05, 0) is 24.6 Å². The van der Waals surface area contributed by atoms with Crippen LogP contribution in [0.15, 0.2) is 29.2 Å². The second kappa shape index (κ2) is 6.34. The summed E-state index contributed by atoms with van der Waals surface area (Å²) in [7, 11) is 0.857. The van der Waals surface area contributed by atoms with Gasteiger partial charge in [-0.2, -0.15) is 4.31 Å². The molecule has 1 amide bonds. The fourth-order valence-corrected chi connectivity index (χ4v) is 2.73. The van der Waals surface area contributed by atoms with Crippen molar-refractivity contribution in [1.29, 1.82) is 0 Å². The smallest absolute Gasteiger partial charge is 0.243 e. The molecule has 1 unspecified atom stereocenters. The summed E-state index contributed by atoms with van der Waals surface area (Å²) < 4.78 is 25.8. The molecule has 1 rings (SSSR count). The first-order valence-corrected chi connectivity index (χ1v) is 7.62. The molecule has 0 fully saturated rings. The van der Waals surface area contributed by atoms with Gasteiger partial charge in [0.05, 0.1) is 11.4 Å². The molecular weight excluding hydrogens is 278 g/mol. The Morgan fingerprint density at radius 2 is 1.90 bits per heavy atom. The molecule has 7 heteroatoms. The van der Waals surface area contributed by atoms with Crippen molar-refractivity contribution in [2.45, 2.75) is 17.9 Å². The van der Waals surface area contributed by atoms with Crippen LogP contribution in [0.25, 0.3) is 0 Å². The number of carbonyl (C=O) groups excluding carboxylic acids is 1. The van der Waals surface area contributed by atoms with E-state index in [9.17, 15) is 13.2 Å². The largest absolute Gasteiger partial charge is 0.348 e. The average Bonchev–Trinajstić information content (AvgIpc) is 2.38. The number of amides is 1. The first kappa shape index (κ1) is 16.6. The van der Waals surface area contributed by atoms with Crippen molar-refractivity contribution < 1.29 is 13.2 Å². The highest BCUT2D eigenvalue weighted by molar-refractivity contribution is 7.89. The molecule has 1 aromatic carbocycles. The number of hydrogen-bond donors (Lipinski definition) is 1. The van der Waals surface area contributed by atoms with E-state index < -0.39 is 10.0 Å². The van der Waals surface area contributed by atoms with Crippen molar-refractivity contribution in [3.05, 3.63) is 29.8 Å². The van der Waals surface area contributed by atoms with Crippen LogP contribution in [0.2, 0.25) is 0 Å². The number of sulfonamides is 1. The highest BCUT2D eigenvalue weighted by Gasteiger charge is 2.23. The van der Waals surface area contributed by atoms with Gasteiger partial charge < -0.3 is 10.6 Å². The van der Waals surface area contributed by atoms with Gasteiger partial charge in [0.15, 0.2) is 0 Å². The van der Waals surface area contributed by atoms with Gasteiger partial charge >= 0.3 is 0 Å². The zero-order valence-corrected chi connectivity index (χ0v) is 13.0. The quantitative estimate of drug-likeness (QED) is 0.854. The summed E-state index contributed by atoms with van der Waals surface area (Å²) in [5.74, 6) is -0.278. The summed E-state index contributed by atoms with van der Waals surface area (Å²) in [4.78, 5) is 13.1. The van der Waals surface area contributed by atoms with Crippen LogP contribution < -0.4 is 5.73 Å². The Morgan fingerprint density at radius 1 is 1.30 bits per heavy atom. The number of rotatable bonds is 5. The Hall–Kier alpha value is -1.44. The SMILES string of the molecule is CC(N)c1cccc(S(=O)(=O)N(C)CC(=O)N(C)C)c1. The van der Waals surface area contributed by atoms with Crippen LogP contribution in [0.5, 0.6) is 0 Å². The highest BCUT2D eigenvalue weighted by Crippen LogP contribution is 2.18. The second-order valence-corrected chi connectivity index (χ2v) is 6.96. The highest BCUT2D eigenvalue weighted by atomic mass is 32.2. The maximum Gasteiger partial charge on any atom is 0.243 e. The minimum absolute atomic E-state index is 0.140. The van der Waals surface area contributed by atoms with Crippen molar-refractivity contribution in [2.24, 2.45) is 5.73 Å². The average molecular weight is 299 g/mol. The van der Waals surface area contributed by atoms with Crippen molar-refractivity contribution in [3.8, 4) is 0 Å². The van der Waals surface area contributed by atoms with Crippen molar-refractivity contribution in [2.75, 3.05) is 27.7 Å². The summed E-state index contributed by atoms with van der Waals surface area (Å²) in [6.45, 7) is 1.59. The lowest BCUT2D eigenvalue weighted by atomic mass is 10.1. The predicted molar refractivity (Wildman–Crippen MR) is 77.6 cm³/mol. The minimum Gasteiger partial charge on any atom is -0.348 e. The van der Waals surface area contributed by atoms with Crippen LogP contribution in [-0.2, 0) is 14.8 Å². The van der Waals surface area contributed by atoms with Gasteiger partial charge in [0.2, 0.25) is 15.9 Å². The first-order valence-electron chi connectivity index (χ1n) is 6.18. The molecule has 0 bridgehead atoms. The Balaban J connectivity index is 3.04. The molecule has 0 radical (unpaired) electrons. The maximum absolute atomic E-state index is 12.4. The number of hydrogen-bond acceptors (Lipinski definition) is 4. The molecule has 0 aromatic heterocycles. The second-order valence-electron chi connectivity index (χ2n) is 4.91. The molecule has 0 saturated carbocycles. The third-order valence-corrected chi connectivity index (χ3v) is 4.75. The third-order valence-electron chi connectivity index (χ3n) is 2.95. The molecule has 20 heavy (non-hydrogen) atoms. The molecule has 1 atom stereocenters. The molecule has 0 aliphatic carbocycles. The Kier molecular flexibility index (Phi) is 5.27. The van der Waals surface area contributed by atoms with E-state index >= 15 is 0 Å². The van der Waals surface area contributed by atoms with Crippen molar-refractivity contribution in [1.82, 2.24) is 9.21 Å². The van der Waals surface area contributed by atoms with Gasteiger partial charge in [-0.3, -0.25) is 4.79 Å². The van der Waals surface area contributed by atoms with E-state index in [4.69, 9.17) is 5.73 Å². The standard InChI is InChI=1S/C13H21N3O3S/c1-10(14)11-6-5-7-12(8-11)20(18,19)16(4)9-13(17)15(2)3/h5-8,10H,9,14H2,1-4H3. The van der Waals surface area contributed by atoms with Gasteiger partial charge in [0.1, 0.15) is 0 Å². The summed E-state index contributed by atoms with van der Waals surface area (Å²) in [6, 6.07) is 6.20. The molecule has 0 saturated heterocycles. The molecule has 1 aromatic rings. The van der Waals surface area contributed by atoms with E-state index in [1.165, 1.54) is 24.1 Å². The van der Waals surface area contributed by atoms with E-state index in [-0.39, 0.29) is 23.4 Å². The van der Waals surface area contributed by atoms with Gasteiger partial charge in [-0.1, -0.05) is 12.1 Å². The number of nitrogens with zero attached hydrogens (tertiary/aromatic N) is 2. The molecule has 6 nitrogen and oxygen atoms in total. The zero-order valence-electron chi connectivity index (χ0n) is 12.2. The van der Waals surface area contributed by atoms with Crippen LogP contribution in [0.3, 0.4) is 0 Å². The summed E-state index contributed by atoms with van der Waals surface area (Å²) >= 11 is 0. The predicted octanol–water partition coefficient (Wildman–Crippen LogP) is 0.415. The van der Waals surface area contributed by atoms with E-state index in [0.29, 0.717) is 0 Å². The third kappa shape index (κ3) is 3.78. The molecule has 112 valence electrons. The molecule has 0 heterocycles. The van der Waals surface area contributed by atoms with E-state index in [1.54, 1.807) is 33.2 Å². The lowest BCUT2D eigenvalue weighted by Crippen LogP contribution is -2.37. The van der Waals surface area contributed by atoms with Gasteiger partial charge in [-0.15, -0.1) is 0 Å². The molecule has 0 spiro atoms. The van der Waals surface area contributed by atoms with Crippen molar-refractivity contribution >= 4 is 15.9 Å². The summed E-state index contributed by atoms with van der Waals surface area (Å²) in [5.41, 5.74) is 6.49. The Morgan fingerprint density at radius 3 is 2.40 bits per heavy atom. The van der Waals surface area contributed by atoms with E-state index in [1.807, 2.05) is 0 Å². The zero-order chi connectivity index (χ0) is 15.5. The fourth-order valence-electron chi connectivity index (χ4n) is 1.56. The topological polar surface area (TPSA) is 83.7 Å². The van der Waals surface area contributed by atoms with Gasteiger partial charge in [0.25, 0.3) is 0 Å². The van der Waals surface area contributed by atoms with Crippen LogP contribution in [0.4, 0.5) is 0 Å². The minimum atomic E-state index is -3.69. The van der Waals surface area contributed by atoms with Crippen LogP contribution in [0.1, 0.15) is 18.5 Å². The van der Waals surface area contributed by atoms with Crippen LogP contribution in [0, 0.1) is 0 Å². The van der Waals surface area contributed by atoms with Crippen LogP contribution >= 0.6 is 0 Å². The van der Waals surface area contributed by atoms with Gasteiger partial charge in [-0.25, -0.2) is 8.42 Å². The molecule has 0 aliphatic rings. The Labute approximate surface area is 120 Å². The monoisotopic (exact) mass is 299 g/mol. The molecule has 0 aliphatic heterocycles. The lowest BCUT2D eigenvalue weighted by Gasteiger charge is -2.19. The normalized spacial score (nSPS) is 13.3. The Bertz CT molecular complexity index is 582. The lowest BCUT2D eigenvalue weighted by molar-refractivity contribution is -0.128. The number of nitrogens with two attached hydrogens (primary N) is 1. The fraction of sp³-hybridized carbons (Fsp3) is 0.462. The van der Waals surface area contributed by atoms with Crippen LogP contribution in [-0.4, -0.2) is 51.2 Å². The summed E-state index contributed by atoms with van der Waals surface area (Å²) in [6.07, 6.45) is 0. The number of likely N-dealkylation sites (N-methyl/N-ethyl adjacent to an activating group) is 2. The molecular formula is C13H21N3O3S. The molecule has 2 N–H and O–H groups in total.